The average molecular weight is 1080 g/mol. The van der Waals surface area contributed by atoms with E-state index in [1.54, 1.807) is 0 Å². The van der Waals surface area contributed by atoms with Gasteiger partial charge in [0.25, 0.3) is 0 Å². The maximum absolute atomic E-state index is 6.56. The molecule has 0 unspecified atom stereocenters. The maximum atomic E-state index is 6.56. The molecule has 9 aromatic carbocycles. The number of nitrogens with zero attached hydrogens (tertiary/aromatic N) is 3. The van der Waals surface area contributed by atoms with Crippen LogP contribution in [0.2, 0.25) is 0 Å². The SMILES string of the molecule is CC(C)(C)c1ccnc(-c2[c-]c(Oc3[c-]c(N4[CH-]N(c5c(-c6ccccc6)cc(C6(c7ccccc7)c7ccccc7-c7ccccc76)cc5-c5ccccc5)c5ccccc54)ccc3)ccc2)c1.[Pt]. The van der Waals surface area contributed by atoms with Gasteiger partial charge in [-0.1, -0.05) is 185 Å². The van der Waals surface area contributed by atoms with Gasteiger partial charge in [0.2, 0.25) is 0 Å². The van der Waals surface area contributed by atoms with Crippen LogP contribution in [0.1, 0.15) is 48.6 Å². The van der Waals surface area contributed by atoms with E-state index in [9.17, 15) is 0 Å². The third kappa shape index (κ3) is 7.74. The third-order valence-electron chi connectivity index (χ3n) is 13.6. The second kappa shape index (κ2) is 18.3. The Morgan fingerprint density at radius 3 is 1.63 bits per heavy atom. The van der Waals surface area contributed by atoms with Crippen LogP contribution in [0.15, 0.2) is 231 Å². The van der Waals surface area contributed by atoms with Gasteiger partial charge in [0.15, 0.2) is 0 Å². The van der Waals surface area contributed by atoms with E-state index < -0.39 is 5.41 Å². The molecule has 0 fully saturated rings. The molecule has 10 aromatic rings. The number of pyridine rings is 1. The Labute approximate surface area is 425 Å². The summed E-state index contributed by atoms with van der Waals surface area (Å²) in [6.07, 6.45) is 1.87. The summed E-state index contributed by atoms with van der Waals surface area (Å²) >= 11 is 0. The Morgan fingerprint density at radius 2 is 1.01 bits per heavy atom. The predicted molar refractivity (Wildman–Crippen MR) is 282 cm³/mol. The molecule has 0 radical (unpaired) electrons. The number of fused-ring (bicyclic) bond motifs is 4. The van der Waals surface area contributed by atoms with Crippen LogP contribution >= 0.6 is 0 Å². The molecule has 0 spiro atoms. The molecular formula is C65H48N3OPt-3. The Morgan fingerprint density at radius 1 is 0.486 bits per heavy atom. The van der Waals surface area contributed by atoms with E-state index in [4.69, 9.17) is 9.72 Å². The standard InChI is InChI=1S/C65H48N3O.Pt/c1-64(2,3)49-37-38-66-60(42-49)47-25-19-29-52(39-47)69-53-30-20-28-51(43-53)67-44-68(62-36-18-17-35-61(62)67)63-56(45-21-7-4-8-22-45)40-50(41-57(63)46-23-9-5-10-24-46)65(48-26-11-6-12-27-48)58-33-15-13-31-54(58)55-32-14-16-34-59(55)65;/h4-38,40-42,44H,1-3H3;/q-3;. The first kappa shape index (κ1) is 44.7. The molecule has 70 heavy (non-hydrogen) atoms. The van der Waals surface area contributed by atoms with Gasteiger partial charge < -0.3 is 19.5 Å². The fourth-order valence-corrected chi connectivity index (χ4v) is 10.4. The summed E-state index contributed by atoms with van der Waals surface area (Å²) in [6, 6.07) is 87.6. The molecule has 2 aliphatic rings. The van der Waals surface area contributed by atoms with E-state index in [0.717, 1.165) is 56.3 Å². The van der Waals surface area contributed by atoms with Crippen molar-refractivity contribution in [2.24, 2.45) is 0 Å². The summed E-state index contributed by atoms with van der Waals surface area (Å²) in [6.45, 7) is 8.85. The summed E-state index contributed by atoms with van der Waals surface area (Å²) < 4.78 is 6.56. The zero-order valence-electron chi connectivity index (χ0n) is 39.1. The Hall–Kier alpha value is -7.78. The number of anilines is 4. The molecule has 0 amide bonds. The molecule has 0 atom stereocenters. The van der Waals surface area contributed by atoms with E-state index in [2.05, 4.69) is 243 Å². The van der Waals surface area contributed by atoms with E-state index in [1.165, 1.54) is 38.9 Å². The molecule has 0 N–H and O–H groups in total. The first-order valence-corrected chi connectivity index (χ1v) is 23.6. The van der Waals surface area contributed by atoms with Gasteiger partial charge in [-0.05, 0) is 91.5 Å². The van der Waals surface area contributed by atoms with Crippen molar-refractivity contribution in [2.45, 2.75) is 31.6 Å². The second-order valence-electron chi connectivity index (χ2n) is 18.8. The predicted octanol–water partition coefficient (Wildman–Crippen LogP) is 16.5. The summed E-state index contributed by atoms with van der Waals surface area (Å²) in [5.41, 5.74) is 18.4. The zero-order chi connectivity index (χ0) is 46.5. The van der Waals surface area contributed by atoms with Gasteiger partial charge in [0, 0.05) is 67.0 Å². The van der Waals surface area contributed by atoms with Crippen molar-refractivity contribution >= 4 is 22.7 Å². The van der Waals surface area contributed by atoms with Crippen molar-refractivity contribution in [3.05, 3.63) is 277 Å². The Bertz CT molecular complexity index is 3410. The first-order valence-electron chi connectivity index (χ1n) is 23.6. The van der Waals surface area contributed by atoms with Gasteiger partial charge in [-0.3, -0.25) is 0 Å². The van der Waals surface area contributed by atoms with Gasteiger partial charge in [-0.15, -0.1) is 54.3 Å². The molecule has 0 saturated heterocycles. The first-order chi connectivity index (χ1) is 33.8. The number of ether oxygens (including phenoxy) is 1. The van der Waals surface area contributed by atoms with Gasteiger partial charge in [-0.2, -0.15) is 6.07 Å². The molecule has 2 heterocycles. The van der Waals surface area contributed by atoms with Crippen LogP contribution in [0.4, 0.5) is 22.7 Å². The summed E-state index contributed by atoms with van der Waals surface area (Å²) in [5.74, 6) is 1.18. The topological polar surface area (TPSA) is 28.6 Å². The van der Waals surface area contributed by atoms with Crippen molar-refractivity contribution in [2.75, 3.05) is 9.80 Å². The number of para-hydroxylation sites is 2. The van der Waals surface area contributed by atoms with Crippen LogP contribution in [0, 0.1) is 18.8 Å². The quantitative estimate of drug-likeness (QED) is 0.135. The normalized spacial score (nSPS) is 13.2. The summed E-state index contributed by atoms with van der Waals surface area (Å²) in [4.78, 5) is 9.28. The third-order valence-corrected chi connectivity index (χ3v) is 13.6. The van der Waals surface area contributed by atoms with Crippen molar-refractivity contribution in [1.29, 1.82) is 0 Å². The average Bonchev–Trinajstić information content (AvgIpc) is 3.94. The largest absolute Gasteiger partial charge is 0.503 e. The zero-order valence-corrected chi connectivity index (χ0v) is 41.4. The Balaban J connectivity index is 0.00000533. The fourth-order valence-electron chi connectivity index (χ4n) is 10.4. The van der Waals surface area contributed by atoms with Crippen LogP contribution in [0.5, 0.6) is 11.5 Å². The van der Waals surface area contributed by atoms with Crippen molar-refractivity contribution < 1.29 is 25.8 Å². The minimum Gasteiger partial charge on any atom is -0.503 e. The molecule has 1 aromatic heterocycles. The van der Waals surface area contributed by atoms with Crippen LogP contribution in [-0.2, 0) is 31.9 Å². The summed E-state index contributed by atoms with van der Waals surface area (Å²) in [5, 5.41) is 0. The number of rotatable bonds is 9. The van der Waals surface area contributed by atoms with Crippen molar-refractivity contribution in [1.82, 2.24) is 4.98 Å². The molecule has 0 saturated carbocycles. The molecule has 1 aliphatic heterocycles. The number of aromatic nitrogens is 1. The molecule has 4 nitrogen and oxygen atoms in total. The number of hydrogen-bond acceptors (Lipinski definition) is 4. The van der Waals surface area contributed by atoms with Gasteiger partial charge in [-0.25, -0.2) is 0 Å². The minimum absolute atomic E-state index is 0. The van der Waals surface area contributed by atoms with Crippen molar-refractivity contribution in [3.63, 3.8) is 0 Å². The minimum atomic E-state index is -0.599. The van der Waals surface area contributed by atoms with Crippen LogP contribution in [0.25, 0.3) is 44.6 Å². The number of hydrogen-bond donors (Lipinski definition) is 0. The molecule has 0 bridgehead atoms. The second-order valence-corrected chi connectivity index (χ2v) is 18.8. The van der Waals surface area contributed by atoms with E-state index in [-0.39, 0.29) is 26.5 Å². The molecular weight excluding hydrogens is 1030 g/mol. The fraction of sp³-hybridized carbons (Fsp3) is 0.0769. The maximum Gasteiger partial charge on any atom is 0.0714 e. The van der Waals surface area contributed by atoms with Gasteiger partial charge >= 0.3 is 0 Å². The molecule has 5 heteroatoms. The van der Waals surface area contributed by atoms with Crippen LogP contribution in [-0.4, -0.2) is 4.98 Å². The monoisotopic (exact) mass is 1080 g/mol. The molecule has 342 valence electrons. The van der Waals surface area contributed by atoms with Gasteiger partial charge in [0.05, 0.1) is 5.41 Å². The van der Waals surface area contributed by atoms with Crippen LogP contribution in [0.3, 0.4) is 0 Å². The van der Waals surface area contributed by atoms with E-state index >= 15 is 0 Å². The van der Waals surface area contributed by atoms with Crippen molar-refractivity contribution in [3.8, 4) is 56.1 Å². The Kier molecular flexibility index (Phi) is 11.7. The van der Waals surface area contributed by atoms with Gasteiger partial charge in [0.1, 0.15) is 0 Å². The van der Waals surface area contributed by atoms with Crippen LogP contribution < -0.4 is 14.5 Å². The van der Waals surface area contributed by atoms with E-state index in [1.807, 2.05) is 36.5 Å². The summed E-state index contributed by atoms with van der Waals surface area (Å²) in [7, 11) is 0. The number of benzene rings is 9. The smallest absolute Gasteiger partial charge is 0.0714 e. The molecule has 1 aliphatic carbocycles. The molecule has 12 rings (SSSR count). The van der Waals surface area contributed by atoms with E-state index in [0.29, 0.717) is 11.5 Å².